The average Bonchev–Trinajstić information content (AvgIpc) is 2.89. The minimum Gasteiger partial charge on any atom is -0.410 e. The van der Waals surface area contributed by atoms with Crippen LogP contribution in [-0.4, -0.2) is 48.3 Å². The lowest BCUT2D eigenvalue weighted by atomic mass is 10.1. The molecule has 0 saturated heterocycles. The molecule has 0 fully saturated rings. The second-order valence-electron chi connectivity index (χ2n) is 8.55. The van der Waals surface area contributed by atoms with Crippen molar-refractivity contribution in [2.24, 2.45) is 0 Å². The molecule has 0 bridgehead atoms. The van der Waals surface area contributed by atoms with Crippen LogP contribution in [-0.2, 0) is 9.13 Å². The maximum atomic E-state index is 14.5. The van der Waals surface area contributed by atoms with E-state index < -0.39 is 27.2 Å². The van der Waals surface area contributed by atoms with Gasteiger partial charge in [-0.05, 0) is 36.4 Å². The van der Waals surface area contributed by atoms with Gasteiger partial charge in [0.1, 0.15) is 0 Å². The third-order valence-electron chi connectivity index (χ3n) is 6.61. The maximum Gasteiger partial charge on any atom is 0.451 e. The van der Waals surface area contributed by atoms with Crippen LogP contribution in [0.4, 0.5) is 11.4 Å². The first-order chi connectivity index (χ1) is 17.3. The highest BCUT2D eigenvalue weighted by atomic mass is 31.2. The normalized spacial score (nSPS) is 24.9. The molecule has 0 N–H and O–H groups in total. The van der Waals surface area contributed by atoms with Crippen LogP contribution in [0.1, 0.15) is 20.7 Å². The number of anilines is 2. The van der Waals surface area contributed by atoms with E-state index in [0.29, 0.717) is 22.5 Å². The quantitative estimate of drug-likeness (QED) is 0.385. The molecule has 184 valence electrons. The number of benzene rings is 3. The van der Waals surface area contributed by atoms with Crippen molar-refractivity contribution in [1.29, 1.82) is 0 Å². The SMILES string of the molecule is CN1c2ccccc2C(=O)N2CCN3C(=O)c4ccccc4N(C)P3(=O)Oc3ccccc3OP21=O. The Morgan fingerprint density at radius 1 is 0.611 bits per heavy atom. The number of hydrogen-bond donors (Lipinski definition) is 0. The third-order valence-corrected chi connectivity index (χ3v) is 11.4. The Morgan fingerprint density at radius 3 is 1.39 bits per heavy atom. The van der Waals surface area contributed by atoms with Gasteiger partial charge in [0, 0.05) is 14.1 Å². The minimum absolute atomic E-state index is 0.0432. The second kappa shape index (κ2) is 7.88. The molecular weight excluding hydrogens is 502 g/mol. The van der Waals surface area contributed by atoms with Crippen LogP contribution in [0.3, 0.4) is 0 Å². The molecule has 2 unspecified atom stereocenters. The Balaban J connectivity index is 1.55. The summed E-state index contributed by atoms with van der Waals surface area (Å²) in [6.45, 7) is -0.377. The number of para-hydroxylation sites is 4. The molecule has 10 nitrogen and oxygen atoms in total. The lowest BCUT2D eigenvalue weighted by molar-refractivity contribution is 0.0781. The predicted octanol–water partition coefficient (Wildman–Crippen LogP) is 4.86. The summed E-state index contributed by atoms with van der Waals surface area (Å²) < 4.78 is 46.3. The molecule has 3 heterocycles. The van der Waals surface area contributed by atoms with Crippen molar-refractivity contribution < 1.29 is 27.8 Å². The van der Waals surface area contributed by atoms with Gasteiger partial charge in [0.15, 0.2) is 11.5 Å². The number of rotatable bonds is 0. The van der Waals surface area contributed by atoms with Gasteiger partial charge in [0.2, 0.25) is 0 Å². The summed E-state index contributed by atoms with van der Waals surface area (Å²) in [5.41, 5.74) is 1.64. The molecule has 3 aliphatic heterocycles. The summed E-state index contributed by atoms with van der Waals surface area (Å²) in [4.78, 5) is 27.2. The van der Waals surface area contributed by atoms with Crippen molar-refractivity contribution in [3.63, 3.8) is 0 Å². The van der Waals surface area contributed by atoms with Gasteiger partial charge in [-0.25, -0.2) is 18.5 Å². The van der Waals surface area contributed by atoms with E-state index in [1.807, 2.05) is 0 Å². The summed E-state index contributed by atoms with van der Waals surface area (Å²) in [6, 6.07) is 20.0. The Morgan fingerprint density at radius 2 is 0.972 bits per heavy atom. The molecule has 0 spiro atoms. The van der Waals surface area contributed by atoms with Crippen LogP contribution in [0.15, 0.2) is 72.8 Å². The first kappa shape index (κ1) is 22.7. The van der Waals surface area contributed by atoms with Gasteiger partial charge in [0.25, 0.3) is 11.8 Å². The molecule has 2 atom stereocenters. The van der Waals surface area contributed by atoms with Gasteiger partial charge < -0.3 is 9.05 Å². The largest absolute Gasteiger partial charge is 0.451 e. The first-order valence-electron chi connectivity index (χ1n) is 11.3. The van der Waals surface area contributed by atoms with E-state index in [0.717, 1.165) is 9.34 Å². The number of amides is 2. The molecule has 2 amide bonds. The minimum atomic E-state index is -4.02. The first-order valence-corrected chi connectivity index (χ1v) is 14.3. The van der Waals surface area contributed by atoms with E-state index in [2.05, 4.69) is 0 Å². The van der Waals surface area contributed by atoms with Crippen LogP contribution < -0.4 is 18.4 Å². The molecular formula is C24H22N4O6P2. The molecule has 6 rings (SSSR count). The van der Waals surface area contributed by atoms with Crippen molar-refractivity contribution in [2.75, 3.05) is 36.5 Å². The van der Waals surface area contributed by atoms with E-state index in [4.69, 9.17) is 9.05 Å². The van der Waals surface area contributed by atoms with Crippen LogP contribution in [0.25, 0.3) is 0 Å². The Bertz CT molecular complexity index is 1420. The smallest absolute Gasteiger partial charge is 0.410 e. The average molecular weight is 524 g/mol. The van der Waals surface area contributed by atoms with E-state index in [1.165, 1.54) is 21.5 Å². The zero-order valence-corrected chi connectivity index (χ0v) is 21.3. The highest BCUT2D eigenvalue weighted by Gasteiger charge is 2.53. The van der Waals surface area contributed by atoms with Gasteiger partial charge in [-0.1, -0.05) is 36.4 Å². The van der Waals surface area contributed by atoms with Crippen LogP contribution in [0, 0.1) is 0 Å². The van der Waals surface area contributed by atoms with E-state index >= 15 is 0 Å². The number of nitrogens with zero attached hydrogens (tertiary/aromatic N) is 4. The van der Waals surface area contributed by atoms with Gasteiger partial charge in [-0.2, -0.15) is 0 Å². The van der Waals surface area contributed by atoms with Crippen molar-refractivity contribution in [3.8, 4) is 11.5 Å². The van der Waals surface area contributed by atoms with Crippen molar-refractivity contribution >= 4 is 38.5 Å². The fourth-order valence-corrected chi connectivity index (χ4v) is 8.86. The molecule has 3 aromatic rings. The standard InChI is InChI=1S/C24H22N4O6P2/c1-25-19-11-5-3-9-17(19)23(29)27-15-16-28-24(30)18-10-4-6-12-20(18)26(2)36(28,32)34-22-14-8-7-13-21(22)33-35(25,27)31/h3-14H,15-16H2,1-2H3. The van der Waals surface area contributed by atoms with Crippen LogP contribution >= 0.6 is 15.3 Å². The fraction of sp³-hybridized carbons (Fsp3) is 0.167. The highest BCUT2D eigenvalue weighted by molar-refractivity contribution is 7.60. The highest BCUT2D eigenvalue weighted by Crippen LogP contribution is 2.64. The van der Waals surface area contributed by atoms with Gasteiger partial charge in [-0.3, -0.25) is 18.9 Å². The Labute approximate surface area is 207 Å². The van der Waals surface area contributed by atoms with Crippen molar-refractivity contribution in [1.82, 2.24) is 9.34 Å². The van der Waals surface area contributed by atoms with Crippen LogP contribution in [0.2, 0.25) is 0 Å². The maximum absolute atomic E-state index is 14.5. The number of hydrogen-bond acceptors (Lipinski definition) is 6. The van der Waals surface area contributed by atoms with E-state index in [-0.39, 0.29) is 24.6 Å². The molecule has 3 aromatic carbocycles. The van der Waals surface area contributed by atoms with Crippen LogP contribution in [0.5, 0.6) is 11.5 Å². The van der Waals surface area contributed by atoms with Crippen molar-refractivity contribution in [2.45, 2.75) is 0 Å². The molecule has 0 saturated carbocycles. The molecule has 0 aliphatic carbocycles. The lowest BCUT2D eigenvalue weighted by Gasteiger charge is -2.45. The number of carbonyl (C=O) groups is 2. The Kier molecular flexibility index (Phi) is 4.97. The topological polar surface area (TPSA) is 99.7 Å². The molecule has 36 heavy (non-hydrogen) atoms. The zero-order chi connectivity index (χ0) is 25.2. The summed E-state index contributed by atoms with van der Waals surface area (Å²) in [5, 5.41) is 0. The lowest BCUT2D eigenvalue weighted by Crippen LogP contribution is -2.48. The molecule has 0 radical (unpaired) electrons. The van der Waals surface area contributed by atoms with E-state index in [9.17, 15) is 18.7 Å². The van der Waals surface area contributed by atoms with Gasteiger partial charge in [-0.15, -0.1) is 0 Å². The summed E-state index contributed by atoms with van der Waals surface area (Å²) in [6.07, 6.45) is 0. The number of carbonyl (C=O) groups excluding carboxylic acids is 2. The van der Waals surface area contributed by atoms with Crippen molar-refractivity contribution in [3.05, 3.63) is 83.9 Å². The predicted molar refractivity (Wildman–Crippen MR) is 135 cm³/mol. The Hall–Kier alpha value is -3.74. The summed E-state index contributed by atoms with van der Waals surface area (Å²) in [5.74, 6) is -0.915. The second-order valence-corrected chi connectivity index (χ2v) is 13.0. The summed E-state index contributed by atoms with van der Waals surface area (Å²) in [7, 11) is -4.86. The molecule has 0 aromatic heterocycles. The van der Waals surface area contributed by atoms with E-state index in [1.54, 1.807) is 74.8 Å². The fourth-order valence-electron chi connectivity index (χ4n) is 4.70. The number of fused-ring (bicyclic) bond motifs is 5. The zero-order valence-electron chi connectivity index (χ0n) is 19.5. The van der Waals surface area contributed by atoms with Gasteiger partial charge >= 0.3 is 15.3 Å². The third kappa shape index (κ3) is 3.04. The molecule has 12 heteroatoms. The summed E-state index contributed by atoms with van der Waals surface area (Å²) >= 11 is 0. The monoisotopic (exact) mass is 524 g/mol. The molecule has 3 aliphatic rings. The van der Waals surface area contributed by atoms with Gasteiger partial charge in [0.05, 0.1) is 35.6 Å².